The van der Waals surface area contributed by atoms with Crippen LogP contribution in [0.1, 0.15) is 11.3 Å². The molecule has 1 aliphatic heterocycles. The number of hydrogen-bond donors (Lipinski definition) is 2. The van der Waals surface area contributed by atoms with E-state index < -0.39 is 0 Å². The van der Waals surface area contributed by atoms with Crippen LogP contribution in [-0.2, 0) is 13.0 Å². The van der Waals surface area contributed by atoms with E-state index in [1.807, 2.05) is 24.3 Å². The minimum absolute atomic E-state index is 0. The van der Waals surface area contributed by atoms with Crippen LogP contribution >= 0.6 is 37.0 Å². The monoisotopic (exact) mass is 361 g/mol. The maximum atomic E-state index is 12.7. The van der Waals surface area contributed by atoms with Gasteiger partial charge < -0.3 is 15.0 Å². The quantitative estimate of drug-likeness (QED) is 0.806. The molecule has 22 heavy (non-hydrogen) atoms. The summed E-state index contributed by atoms with van der Waals surface area (Å²) in [6, 6.07) is 7.37. The zero-order valence-corrected chi connectivity index (χ0v) is 14.4. The summed E-state index contributed by atoms with van der Waals surface area (Å²) in [5, 5.41) is 3.23. The predicted octanol–water partition coefficient (Wildman–Crippen LogP) is 2.39. The van der Waals surface area contributed by atoms with Crippen LogP contribution in [-0.4, -0.2) is 23.2 Å². The molecule has 0 fully saturated rings. The Kier molecular flexibility index (Phi) is 6.62. The van der Waals surface area contributed by atoms with E-state index in [1.165, 1.54) is 4.57 Å². The fourth-order valence-electron chi connectivity index (χ4n) is 2.49. The molecule has 0 radical (unpaired) electrons. The number of H-pyrrole nitrogens is 1. The van der Waals surface area contributed by atoms with Crippen molar-refractivity contribution in [1.29, 1.82) is 0 Å². The minimum Gasteiger partial charge on any atom is -0.495 e. The van der Waals surface area contributed by atoms with Gasteiger partial charge in [-0.3, -0.25) is 4.79 Å². The van der Waals surface area contributed by atoms with Crippen molar-refractivity contribution in [3.63, 3.8) is 0 Å². The van der Waals surface area contributed by atoms with Crippen LogP contribution in [0.25, 0.3) is 5.69 Å². The summed E-state index contributed by atoms with van der Waals surface area (Å²) in [4.78, 5) is 15.8. The Bertz CT molecular complexity index is 773. The molecule has 0 amide bonds. The third-order valence-electron chi connectivity index (χ3n) is 3.47. The number of rotatable bonds is 2. The number of aromatic amines is 1. The number of nitrogens with one attached hydrogen (secondary N) is 2. The lowest BCUT2D eigenvalue weighted by molar-refractivity contribution is 0.412. The van der Waals surface area contributed by atoms with Crippen molar-refractivity contribution in [3.05, 3.63) is 50.6 Å². The van der Waals surface area contributed by atoms with Gasteiger partial charge in [0.1, 0.15) is 5.75 Å². The summed E-state index contributed by atoms with van der Waals surface area (Å²) >= 11 is 5.34. The first-order valence-electron chi connectivity index (χ1n) is 6.43. The molecule has 0 saturated heterocycles. The van der Waals surface area contributed by atoms with Crippen LogP contribution in [0.5, 0.6) is 5.75 Å². The van der Waals surface area contributed by atoms with Gasteiger partial charge in [-0.25, -0.2) is 4.57 Å². The Morgan fingerprint density at radius 3 is 2.73 bits per heavy atom. The van der Waals surface area contributed by atoms with Crippen molar-refractivity contribution in [2.75, 3.05) is 13.7 Å². The third kappa shape index (κ3) is 3.20. The summed E-state index contributed by atoms with van der Waals surface area (Å²) in [5.74, 6) is 0.628. The zero-order valence-electron chi connectivity index (χ0n) is 11.9. The van der Waals surface area contributed by atoms with Crippen molar-refractivity contribution >= 4 is 37.0 Å². The molecule has 1 aromatic heterocycles. The zero-order chi connectivity index (χ0) is 14.1. The lowest BCUT2D eigenvalue weighted by Crippen LogP contribution is -2.34. The molecule has 3 rings (SSSR count). The average molecular weight is 362 g/mol. The normalized spacial score (nSPS) is 12.6. The molecule has 120 valence electrons. The Hall–Kier alpha value is -1.34. The van der Waals surface area contributed by atoms with E-state index >= 15 is 0 Å². The molecule has 1 aromatic carbocycles. The van der Waals surface area contributed by atoms with Crippen molar-refractivity contribution in [1.82, 2.24) is 14.9 Å². The van der Waals surface area contributed by atoms with E-state index in [2.05, 4.69) is 10.3 Å². The Balaban J connectivity index is 0.00000121. The first-order chi connectivity index (χ1) is 9.72. The van der Waals surface area contributed by atoms with Gasteiger partial charge in [-0.1, -0.05) is 12.1 Å². The molecule has 5 nitrogen and oxygen atoms in total. The number of hydrogen-bond acceptors (Lipinski definition) is 4. The van der Waals surface area contributed by atoms with E-state index in [-0.39, 0.29) is 30.4 Å². The van der Waals surface area contributed by atoms with E-state index in [1.54, 1.807) is 7.11 Å². The first kappa shape index (κ1) is 18.7. The van der Waals surface area contributed by atoms with Crippen LogP contribution in [0, 0.1) is 4.77 Å². The number of fused-ring (bicyclic) bond motifs is 1. The highest BCUT2D eigenvalue weighted by Crippen LogP contribution is 2.21. The third-order valence-corrected chi connectivity index (χ3v) is 3.75. The largest absolute Gasteiger partial charge is 0.495 e. The highest BCUT2D eigenvalue weighted by atomic mass is 35.5. The molecule has 2 heterocycles. The molecule has 0 bridgehead atoms. The topological polar surface area (TPSA) is 59.0 Å². The van der Waals surface area contributed by atoms with Crippen LogP contribution < -0.4 is 15.6 Å². The summed E-state index contributed by atoms with van der Waals surface area (Å²) in [6.45, 7) is 1.46. The van der Waals surface area contributed by atoms with Gasteiger partial charge in [-0.05, 0) is 37.3 Å². The van der Waals surface area contributed by atoms with Crippen molar-refractivity contribution in [2.45, 2.75) is 13.0 Å². The Morgan fingerprint density at radius 1 is 1.27 bits per heavy atom. The van der Waals surface area contributed by atoms with Crippen molar-refractivity contribution in [2.24, 2.45) is 0 Å². The minimum atomic E-state index is -0.0604. The van der Waals surface area contributed by atoms with Gasteiger partial charge in [0.05, 0.1) is 12.8 Å². The molecular weight excluding hydrogens is 345 g/mol. The standard InChI is InChI=1S/C14H15N3O2S.2ClH/c1-19-12-5-3-2-4-11(12)17-13(18)9-6-7-15-8-10(9)16-14(17)20;;/h2-5,15H,6-8H2,1H3,(H,16,20);2*1H. The van der Waals surface area contributed by atoms with Crippen molar-refractivity contribution in [3.8, 4) is 11.4 Å². The van der Waals surface area contributed by atoms with Crippen LogP contribution in [0.2, 0.25) is 0 Å². The maximum absolute atomic E-state index is 12.7. The van der Waals surface area contributed by atoms with E-state index in [0.29, 0.717) is 29.2 Å². The number of methoxy groups -OCH3 is 1. The molecule has 2 aromatic rings. The molecule has 2 N–H and O–H groups in total. The second-order valence-corrected chi connectivity index (χ2v) is 5.01. The number of ether oxygens (including phenoxy) is 1. The fraction of sp³-hybridized carbons (Fsp3) is 0.286. The molecule has 1 aliphatic rings. The molecule has 0 atom stereocenters. The van der Waals surface area contributed by atoms with E-state index in [4.69, 9.17) is 17.0 Å². The number of nitrogens with zero attached hydrogens (tertiary/aromatic N) is 1. The number of benzene rings is 1. The number of halogens is 2. The first-order valence-corrected chi connectivity index (χ1v) is 6.84. The summed E-state index contributed by atoms with van der Waals surface area (Å²) in [5.41, 5.74) is 2.29. The smallest absolute Gasteiger partial charge is 0.262 e. The lowest BCUT2D eigenvalue weighted by atomic mass is 10.1. The Morgan fingerprint density at radius 2 is 2.00 bits per heavy atom. The molecule has 0 unspecified atom stereocenters. The van der Waals surface area contributed by atoms with E-state index in [0.717, 1.165) is 17.8 Å². The van der Waals surface area contributed by atoms with Gasteiger partial charge in [0.25, 0.3) is 5.56 Å². The van der Waals surface area contributed by atoms with Gasteiger partial charge >= 0.3 is 0 Å². The second kappa shape index (κ2) is 7.78. The number of aromatic nitrogens is 2. The highest BCUT2D eigenvalue weighted by Gasteiger charge is 2.17. The molecule has 0 saturated carbocycles. The molecule has 0 spiro atoms. The summed E-state index contributed by atoms with van der Waals surface area (Å²) < 4.78 is 7.22. The SMILES string of the molecule is COc1ccccc1-n1c(=S)[nH]c2c(c1=O)CCNC2.Cl.Cl. The average Bonchev–Trinajstić information content (AvgIpc) is 2.48. The number of para-hydroxylation sites is 2. The second-order valence-electron chi connectivity index (χ2n) is 4.63. The summed E-state index contributed by atoms with van der Waals surface area (Å²) in [6.07, 6.45) is 0.704. The Labute approximate surface area is 145 Å². The predicted molar refractivity (Wildman–Crippen MR) is 93.7 cm³/mol. The summed E-state index contributed by atoms with van der Waals surface area (Å²) in [7, 11) is 1.58. The highest BCUT2D eigenvalue weighted by molar-refractivity contribution is 7.71. The van der Waals surface area contributed by atoms with Crippen LogP contribution in [0.4, 0.5) is 0 Å². The molecule has 8 heteroatoms. The van der Waals surface area contributed by atoms with Gasteiger partial charge in [-0.15, -0.1) is 24.8 Å². The van der Waals surface area contributed by atoms with E-state index in [9.17, 15) is 4.79 Å². The molecule has 0 aliphatic carbocycles. The van der Waals surface area contributed by atoms with Crippen LogP contribution in [0.3, 0.4) is 0 Å². The van der Waals surface area contributed by atoms with Gasteiger partial charge in [0.15, 0.2) is 4.77 Å². The van der Waals surface area contributed by atoms with Gasteiger partial charge in [0.2, 0.25) is 0 Å². The van der Waals surface area contributed by atoms with Gasteiger partial charge in [0, 0.05) is 17.8 Å². The molecular formula is C14H17Cl2N3O2S. The van der Waals surface area contributed by atoms with Gasteiger partial charge in [-0.2, -0.15) is 0 Å². The lowest BCUT2D eigenvalue weighted by Gasteiger charge is -2.19. The van der Waals surface area contributed by atoms with Crippen molar-refractivity contribution < 1.29 is 4.74 Å². The van der Waals surface area contributed by atoms with Crippen LogP contribution in [0.15, 0.2) is 29.1 Å². The maximum Gasteiger partial charge on any atom is 0.262 e. The fourth-order valence-corrected chi connectivity index (χ4v) is 2.79.